The Labute approximate surface area is 386 Å². The molecular weight excluding hydrogens is 795 g/mol. The minimum Gasteiger partial charge on any atom is -0.310 e. The van der Waals surface area contributed by atoms with Crippen LogP contribution in [0, 0.1) is 0 Å². The van der Waals surface area contributed by atoms with Crippen LogP contribution in [0.2, 0.25) is 0 Å². The third-order valence-electron chi connectivity index (χ3n) is 14.1. The number of hydrogen-bond acceptors (Lipinski definition) is 1. The molecule has 0 amide bonds. The maximum absolute atomic E-state index is 2.49. The van der Waals surface area contributed by atoms with Crippen LogP contribution in [0.1, 0.15) is 22.3 Å². The SMILES string of the molecule is c1ccc(-c2ccccc2-c2ccc(N(c3ccc(-c4cccc5ccccc45)cc3)c3ccc4c(c3)C3(c5ccccc5-c5ccccc53)c3ccccc3-4)cc2-c2ccccc2)cc1. The van der Waals surface area contributed by atoms with Crippen LogP contribution in [0.4, 0.5) is 17.1 Å². The lowest BCUT2D eigenvalue weighted by molar-refractivity contribution is 0.793. The van der Waals surface area contributed by atoms with Gasteiger partial charge in [0.05, 0.1) is 5.41 Å². The fourth-order valence-electron chi connectivity index (χ4n) is 11.3. The van der Waals surface area contributed by atoms with E-state index in [9.17, 15) is 0 Å². The van der Waals surface area contributed by atoms with Crippen molar-refractivity contribution >= 4 is 27.8 Å². The summed E-state index contributed by atoms with van der Waals surface area (Å²) in [6.07, 6.45) is 0. The van der Waals surface area contributed by atoms with Crippen LogP contribution < -0.4 is 4.90 Å². The summed E-state index contributed by atoms with van der Waals surface area (Å²) in [7, 11) is 0. The molecule has 0 saturated carbocycles. The second-order valence-corrected chi connectivity index (χ2v) is 17.5. The normalized spacial score (nSPS) is 12.7. The minimum atomic E-state index is -0.459. The Morgan fingerprint density at radius 3 is 1.27 bits per heavy atom. The van der Waals surface area contributed by atoms with Crippen molar-refractivity contribution in [2.45, 2.75) is 5.41 Å². The third-order valence-corrected chi connectivity index (χ3v) is 14.1. The zero-order chi connectivity index (χ0) is 43.6. The van der Waals surface area contributed by atoms with Gasteiger partial charge in [0.2, 0.25) is 0 Å². The molecule has 11 aromatic carbocycles. The first-order valence-corrected chi connectivity index (χ1v) is 22.9. The van der Waals surface area contributed by atoms with E-state index >= 15 is 0 Å². The van der Waals surface area contributed by atoms with E-state index in [-0.39, 0.29) is 0 Å². The molecular formula is C65H43N. The molecule has 308 valence electrons. The number of anilines is 3. The summed E-state index contributed by atoms with van der Waals surface area (Å²) in [5.74, 6) is 0. The second kappa shape index (κ2) is 15.3. The summed E-state index contributed by atoms with van der Waals surface area (Å²) in [5, 5.41) is 2.50. The standard InChI is InChI=1S/C65H43N/c1-3-18-44(19-4-1)53-25-9-10-26-54(53)55-40-38-49(42-60(55)46-20-5-2-6-21-46)66(48-36-34-47(35-37-48)52-30-17-23-45-22-7-8-24-51(45)52)50-39-41-59-58-29-13-16-33-63(58)65(64(59)43-50)61-31-14-11-27-56(61)57-28-12-15-32-62(57)65/h1-43H. The second-order valence-electron chi connectivity index (χ2n) is 17.5. The van der Waals surface area contributed by atoms with Gasteiger partial charge in [-0.2, -0.15) is 0 Å². The predicted octanol–water partition coefficient (Wildman–Crippen LogP) is 17.3. The number of benzene rings is 11. The Bertz CT molecular complexity index is 3570. The van der Waals surface area contributed by atoms with Crippen molar-refractivity contribution in [3.63, 3.8) is 0 Å². The molecule has 1 heteroatoms. The van der Waals surface area contributed by atoms with Gasteiger partial charge in [-0.15, -0.1) is 0 Å². The first kappa shape index (κ1) is 38.0. The van der Waals surface area contributed by atoms with Gasteiger partial charge in [0.1, 0.15) is 0 Å². The smallest absolute Gasteiger partial charge is 0.0726 e. The first-order valence-electron chi connectivity index (χ1n) is 22.9. The fourth-order valence-corrected chi connectivity index (χ4v) is 11.3. The van der Waals surface area contributed by atoms with Crippen LogP contribution in [-0.2, 0) is 5.41 Å². The molecule has 66 heavy (non-hydrogen) atoms. The van der Waals surface area contributed by atoms with Crippen molar-refractivity contribution in [3.05, 3.63) is 283 Å². The summed E-state index contributed by atoms with van der Waals surface area (Å²) in [4.78, 5) is 2.47. The van der Waals surface area contributed by atoms with Crippen molar-refractivity contribution in [1.29, 1.82) is 0 Å². The number of rotatable bonds is 7. The van der Waals surface area contributed by atoms with Crippen molar-refractivity contribution in [3.8, 4) is 66.8 Å². The number of fused-ring (bicyclic) bond motifs is 11. The highest BCUT2D eigenvalue weighted by Gasteiger charge is 2.51. The Morgan fingerprint density at radius 2 is 0.636 bits per heavy atom. The van der Waals surface area contributed by atoms with Crippen molar-refractivity contribution in [2.75, 3.05) is 4.90 Å². The molecule has 0 radical (unpaired) electrons. The monoisotopic (exact) mass is 837 g/mol. The molecule has 0 aromatic heterocycles. The molecule has 11 aromatic rings. The molecule has 1 nitrogen and oxygen atoms in total. The van der Waals surface area contributed by atoms with E-state index in [4.69, 9.17) is 0 Å². The molecule has 0 bridgehead atoms. The maximum Gasteiger partial charge on any atom is 0.0726 e. The fraction of sp³-hybridized carbons (Fsp3) is 0.0154. The van der Waals surface area contributed by atoms with Gasteiger partial charge in [0.15, 0.2) is 0 Å². The highest BCUT2D eigenvalue weighted by molar-refractivity contribution is 5.99. The molecule has 2 aliphatic rings. The molecule has 2 aliphatic carbocycles. The molecule has 0 aliphatic heterocycles. The van der Waals surface area contributed by atoms with Crippen LogP contribution in [0.3, 0.4) is 0 Å². The van der Waals surface area contributed by atoms with E-state index in [0.717, 1.165) is 17.1 Å². The van der Waals surface area contributed by atoms with Gasteiger partial charge >= 0.3 is 0 Å². The zero-order valence-electron chi connectivity index (χ0n) is 36.3. The third kappa shape index (κ3) is 5.80. The summed E-state index contributed by atoms with van der Waals surface area (Å²) in [6.45, 7) is 0. The van der Waals surface area contributed by atoms with Gasteiger partial charge in [0, 0.05) is 17.1 Å². The highest BCUT2D eigenvalue weighted by atomic mass is 15.1. The molecule has 13 rings (SSSR count). The Hall–Kier alpha value is -8.52. The summed E-state index contributed by atoms with van der Waals surface area (Å²) >= 11 is 0. The molecule has 0 atom stereocenters. The molecule has 0 N–H and O–H groups in total. The average Bonchev–Trinajstić information content (AvgIpc) is 3.86. The van der Waals surface area contributed by atoms with E-state index in [2.05, 4.69) is 266 Å². The van der Waals surface area contributed by atoms with Gasteiger partial charge in [-0.3, -0.25) is 0 Å². The van der Waals surface area contributed by atoms with E-state index < -0.39 is 5.41 Å². The summed E-state index contributed by atoms with van der Waals surface area (Å²) in [5.41, 5.74) is 22.9. The zero-order valence-corrected chi connectivity index (χ0v) is 36.3. The van der Waals surface area contributed by atoms with Crippen LogP contribution in [0.5, 0.6) is 0 Å². The van der Waals surface area contributed by atoms with Crippen molar-refractivity contribution in [2.24, 2.45) is 0 Å². The first-order chi connectivity index (χ1) is 32.8. The van der Waals surface area contributed by atoms with E-state index in [1.165, 1.54) is 99.8 Å². The lowest BCUT2D eigenvalue weighted by Gasteiger charge is -2.32. The number of nitrogens with zero attached hydrogens (tertiary/aromatic N) is 1. The van der Waals surface area contributed by atoms with Crippen molar-refractivity contribution < 1.29 is 0 Å². The lowest BCUT2D eigenvalue weighted by atomic mass is 9.70. The highest BCUT2D eigenvalue weighted by Crippen LogP contribution is 2.63. The Kier molecular flexibility index (Phi) is 8.82. The largest absolute Gasteiger partial charge is 0.310 e. The van der Waals surface area contributed by atoms with Crippen LogP contribution >= 0.6 is 0 Å². The number of hydrogen-bond donors (Lipinski definition) is 0. The van der Waals surface area contributed by atoms with Gasteiger partial charge in [-0.05, 0) is 136 Å². The van der Waals surface area contributed by atoms with Gasteiger partial charge < -0.3 is 4.90 Å². The van der Waals surface area contributed by atoms with Crippen LogP contribution in [0.25, 0.3) is 77.5 Å². The predicted molar refractivity (Wildman–Crippen MR) is 277 cm³/mol. The van der Waals surface area contributed by atoms with Gasteiger partial charge in [-0.25, -0.2) is 0 Å². The van der Waals surface area contributed by atoms with E-state index in [1.807, 2.05) is 0 Å². The quantitative estimate of drug-likeness (QED) is 0.155. The summed E-state index contributed by atoms with van der Waals surface area (Å²) < 4.78 is 0. The minimum absolute atomic E-state index is 0.459. The summed E-state index contributed by atoms with van der Waals surface area (Å²) in [6, 6.07) is 96.3. The molecule has 0 fully saturated rings. The van der Waals surface area contributed by atoms with E-state index in [0.29, 0.717) is 0 Å². The average molecular weight is 838 g/mol. The van der Waals surface area contributed by atoms with Crippen LogP contribution in [0.15, 0.2) is 261 Å². The van der Waals surface area contributed by atoms with Crippen molar-refractivity contribution in [1.82, 2.24) is 0 Å². The van der Waals surface area contributed by atoms with Gasteiger partial charge in [-0.1, -0.05) is 224 Å². The topological polar surface area (TPSA) is 3.24 Å². The Balaban J connectivity index is 1.05. The molecule has 0 saturated heterocycles. The maximum atomic E-state index is 2.49. The van der Waals surface area contributed by atoms with E-state index in [1.54, 1.807) is 0 Å². The van der Waals surface area contributed by atoms with Gasteiger partial charge in [0.25, 0.3) is 0 Å². The molecule has 1 spiro atoms. The molecule has 0 unspecified atom stereocenters. The lowest BCUT2D eigenvalue weighted by Crippen LogP contribution is -2.26. The molecule has 0 heterocycles. The Morgan fingerprint density at radius 1 is 0.227 bits per heavy atom. The van der Waals surface area contributed by atoms with Crippen LogP contribution in [-0.4, -0.2) is 0 Å².